The minimum absolute atomic E-state index is 0.0229. The number of rotatable bonds is 5. The maximum absolute atomic E-state index is 13.2. The molecule has 0 saturated heterocycles. The van der Waals surface area contributed by atoms with E-state index in [9.17, 15) is 14.9 Å². The van der Waals surface area contributed by atoms with Gasteiger partial charge in [-0.1, -0.05) is 48.5 Å². The summed E-state index contributed by atoms with van der Waals surface area (Å²) >= 11 is 0. The average Bonchev–Trinajstić information content (AvgIpc) is 3.15. The van der Waals surface area contributed by atoms with Crippen LogP contribution in [0.1, 0.15) is 15.9 Å². The Hall–Kier alpha value is -4.45. The second kappa shape index (κ2) is 8.00. The number of hydrogen-bond acceptors (Lipinski definition) is 4. The second-order valence-electron chi connectivity index (χ2n) is 7.58. The number of non-ortho nitro benzene ring substituents is 1. The molecule has 156 valence electrons. The minimum atomic E-state index is -0.418. The summed E-state index contributed by atoms with van der Waals surface area (Å²) in [6, 6.07) is 29.7. The summed E-state index contributed by atoms with van der Waals surface area (Å²) in [5.41, 5.74) is 5.96. The quantitative estimate of drug-likeness (QED) is 0.309. The molecular formula is C26H19N3O3. The summed E-state index contributed by atoms with van der Waals surface area (Å²) in [7, 11) is 0. The molecule has 1 N–H and O–H groups in total. The molecule has 0 radical (unpaired) electrons. The summed E-state index contributed by atoms with van der Waals surface area (Å²) in [5, 5.41) is 14.3. The van der Waals surface area contributed by atoms with Gasteiger partial charge in [-0.15, -0.1) is 0 Å². The zero-order chi connectivity index (χ0) is 22.1. The molecule has 32 heavy (non-hydrogen) atoms. The minimum Gasteiger partial charge on any atom is -0.355 e. The fraction of sp³-hybridized carbons (Fsp3) is 0.0385. The summed E-state index contributed by atoms with van der Waals surface area (Å²) in [4.78, 5) is 25.5. The second-order valence-corrected chi connectivity index (χ2v) is 7.58. The highest BCUT2D eigenvalue weighted by atomic mass is 16.6. The Morgan fingerprint density at radius 3 is 2.12 bits per heavy atom. The molecule has 0 fully saturated rings. The van der Waals surface area contributed by atoms with Gasteiger partial charge < -0.3 is 10.2 Å². The number of amides is 1. The molecule has 0 atom stereocenters. The van der Waals surface area contributed by atoms with Crippen LogP contribution in [0.15, 0.2) is 97.1 Å². The molecule has 0 aliphatic carbocycles. The molecule has 1 aliphatic rings. The summed E-state index contributed by atoms with van der Waals surface area (Å²) in [5.74, 6) is -0.0229. The first kappa shape index (κ1) is 19.5. The number of nitro groups is 1. The largest absolute Gasteiger partial charge is 0.355 e. The number of nitro benzene ring substituents is 1. The van der Waals surface area contributed by atoms with Crippen molar-refractivity contribution in [2.45, 2.75) is 6.54 Å². The molecule has 1 aliphatic heterocycles. The lowest BCUT2D eigenvalue weighted by Gasteiger charge is -2.15. The molecule has 6 heteroatoms. The number of benzene rings is 4. The van der Waals surface area contributed by atoms with Crippen LogP contribution >= 0.6 is 0 Å². The lowest BCUT2D eigenvalue weighted by atomic mass is 9.98. The molecule has 0 bridgehead atoms. The van der Waals surface area contributed by atoms with Gasteiger partial charge in [-0.2, -0.15) is 0 Å². The lowest BCUT2D eigenvalue weighted by Crippen LogP contribution is -2.22. The number of para-hydroxylation sites is 1. The molecule has 4 aromatic rings. The smallest absolute Gasteiger partial charge is 0.269 e. The zero-order valence-electron chi connectivity index (χ0n) is 17.1. The van der Waals surface area contributed by atoms with Crippen molar-refractivity contribution in [1.82, 2.24) is 0 Å². The van der Waals surface area contributed by atoms with Crippen LogP contribution in [0.25, 0.3) is 11.1 Å². The van der Waals surface area contributed by atoms with Gasteiger partial charge in [-0.05, 0) is 47.5 Å². The van der Waals surface area contributed by atoms with Gasteiger partial charge in [-0.25, -0.2) is 0 Å². The fourth-order valence-corrected chi connectivity index (χ4v) is 3.96. The lowest BCUT2D eigenvalue weighted by molar-refractivity contribution is -0.384. The fourth-order valence-electron chi connectivity index (χ4n) is 3.96. The van der Waals surface area contributed by atoms with Crippen molar-refractivity contribution in [3.63, 3.8) is 0 Å². The molecule has 0 spiro atoms. The van der Waals surface area contributed by atoms with Crippen LogP contribution in [0.4, 0.5) is 22.7 Å². The van der Waals surface area contributed by atoms with Crippen LogP contribution in [0.3, 0.4) is 0 Å². The third kappa shape index (κ3) is 3.58. The van der Waals surface area contributed by atoms with Crippen LogP contribution < -0.4 is 10.2 Å². The molecule has 4 aromatic carbocycles. The van der Waals surface area contributed by atoms with E-state index in [2.05, 4.69) is 5.32 Å². The highest BCUT2D eigenvalue weighted by Gasteiger charge is 2.30. The van der Waals surface area contributed by atoms with E-state index in [1.165, 1.54) is 12.1 Å². The predicted molar refractivity (Wildman–Crippen MR) is 125 cm³/mol. The van der Waals surface area contributed by atoms with Gasteiger partial charge in [0.25, 0.3) is 11.6 Å². The maximum atomic E-state index is 13.2. The third-order valence-electron chi connectivity index (χ3n) is 5.56. The van der Waals surface area contributed by atoms with Crippen LogP contribution in [0.2, 0.25) is 0 Å². The van der Waals surface area contributed by atoms with Crippen LogP contribution in [0.5, 0.6) is 0 Å². The number of hydrogen-bond donors (Lipinski definition) is 1. The molecular weight excluding hydrogens is 402 g/mol. The molecule has 1 amide bonds. The number of fused-ring (bicyclic) bond motifs is 1. The normalized spacial score (nSPS) is 12.5. The van der Waals surface area contributed by atoms with E-state index >= 15 is 0 Å². The van der Waals surface area contributed by atoms with Crippen LogP contribution in [0, 0.1) is 10.1 Å². The van der Waals surface area contributed by atoms with Gasteiger partial charge in [0.1, 0.15) is 0 Å². The monoisotopic (exact) mass is 421 g/mol. The Labute approximate surface area is 184 Å². The van der Waals surface area contributed by atoms with Crippen molar-refractivity contribution in [3.05, 3.63) is 118 Å². The van der Waals surface area contributed by atoms with Gasteiger partial charge >= 0.3 is 0 Å². The van der Waals surface area contributed by atoms with Crippen LogP contribution in [-0.4, -0.2) is 10.8 Å². The third-order valence-corrected chi connectivity index (χ3v) is 5.56. The Morgan fingerprint density at radius 1 is 0.812 bits per heavy atom. The van der Waals surface area contributed by atoms with Gasteiger partial charge in [0.05, 0.1) is 11.5 Å². The summed E-state index contributed by atoms with van der Waals surface area (Å²) in [6.07, 6.45) is 0. The van der Waals surface area contributed by atoms with Crippen molar-refractivity contribution in [2.24, 2.45) is 0 Å². The van der Waals surface area contributed by atoms with Crippen molar-refractivity contribution in [1.29, 1.82) is 0 Å². The van der Waals surface area contributed by atoms with E-state index in [4.69, 9.17) is 0 Å². The van der Waals surface area contributed by atoms with Gasteiger partial charge in [-0.3, -0.25) is 14.9 Å². The predicted octanol–water partition coefficient (Wildman–Crippen LogP) is 6.17. The van der Waals surface area contributed by atoms with E-state index in [1.807, 2.05) is 72.8 Å². The van der Waals surface area contributed by atoms with Crippen molar-refractivity contribution >= 4 is 28.7 Å². The summed E-state index contributed by atoms with van der Waals surface area (Å²) < 4.78 is 0. The first-order chi connectivity index (χ1) is 15.6. The Balaban J connectivity index is 1.56. The van der Waals surface area contributed by atoms with E-state index in [1.54, 1.807) is 17.0 Å². The Morgan fingerprint density at radius 2 is 1.47 bits per heavy atom. The van der Waals surface area contributed by atoms with E-state index in [-0.39, 0.29) is 11.6 Å². The van der Waals surface area contributed by atoms with Crippen molar-refractivity contribution in [3.8, 4) is 11.1 Å². The Bertz CT molecular complexity index is 1300. The summed E-state index contributed by atoms with van der Waals surface area (Å²) in [6.45, 7) is 0.488. The van der Waals surface area contributed by atoms with Gasteiger partial charge in [0.15, 0.2) is 0 Å². The molecule has 0 saturated carbocycles. The first-order valence-electron chi connectivity index (χ1n) is 10.2. The number of carbonyl (C=O) groups excluding carboxylic acids is 1. The molecule has 6 nitrogen and oxygen atoms in total. The number of anilines is 3. The van der Waals surface area contributed by atoms with E-state index in [0.29, 0.717) is 12.1 Å². The highest BCUT2D eigenvalue weighted by molar-refractivity contribution is 6.11. The van der Waals surface area contributed by atoms with Crippen molar-refractivity contribution in [2.75, 3.05) is 10.2 Å². The van der Waals surface area contributed by atoms with Gasteiger partial charge in [0, 0.05) is 40.3 Å². The number of carbonyl (C=O) groups is 1. The molecule has 0 aromatic heterocycles. The number of nitrogens with one attached hydrogen (secondary N) is 1. The SMILES string of the molecule is O=C1c2cc(-c3ccccc3)c(Nc3ccc([N+](=O)[O-])cc3)cc2CN1c1ccccc1. The van der Waals surface area contributed by atoms with Crippen LogP contribution in [-0.2, 0) is 6.54 Å². The molecule has 1 heterocycles. The average molecular weight is 421 g/mol. The first-order valence-corrected chi connectivity index (χ1v) is 10.2. The molecule has 0 unspecified atom stereocenters. The molecule has 5 rings (SSSR count). The maximum Gasteiger partial charge on any atom is 0.269 e. The van der Waals surface area contributed by atoms with E-state index < -0.39 is 4.92 Å². The topological polar surface area (TPSA) is 75.5 Å². The Kier molecular flexibility index (Phi) is 4.88. The van der Waals surface area contributed by atoms with E-state index in [0.717, 1.165) is 33.8 Å². The number of nitrogens with zero attached hydrogens (tertiary/aromatic N) is 2. The van der Waals surface area contributed by atoms with Crippen molar-refractivity contribution < 1.29 is 9.72 Å². The zero-order valence-corrected chi connectivity index (χ0v) is 17.1. The highest BCUT2D eigenvalue weighted by Crippen LogP contribution is 2.38. The van der Waals surface area contributed by atoms with Gasteiger partial charge in [0.2, 0.25) is 0 Å². The standard InChI is InChI=1S/C26H19N3O3/c30-26-24-16-23(18-7-3-1-4-8-18)25(27-20-11-13-22(14-12-20)29(31)32)15-19(24)17-28(26)21-9-5-2-6-10-21/h1-16,27H,17H2.